The summed E-state index contributed by atoms with van der Waals surface area (Å²) in [6.07, 6.45) is -0.115. The molecule has 0 aliphatic carbocycles. The van der Waals surface area contributed by atoms with Gasteiger partial charge in [0, 0.05) is 13.1 Å². The van der Waals surface area contributed by atoms with Gasteiger partial charge in [0.05, 0.1) is 5.56 Å². The van der Waals surface area contributed by atoms with Gasteiger partial charge in [-0.3, -0.25) is 4.90 Å². The molecule has 1 aliphatic rings. The van der Waals surface area contributed by atoms with Crippen molar-refractivity contribution in [1.29, 1.82) is 0 Å². The van der Waals surface area contributed by atoms with Crippen LogP contribution in [0.1, 0.15) is 33.2 Å². The lowest BCUT2D eigenvalue weighted by molar-refractivity contribution is 0.0696. The Morgan fingerprint density at radius 2 is 1.69 bits per heavy atom. The first kappa shape index (κ1) is 19.0. The van der Waals surface area contributed by atoms with Crippen molar-refractivity contribution < 1.29 is 19.4 Å². The van der Waals surface area contributed by atoms with Gasteiger partial charge in [-0.1, -0.05) is 48.5 Å². The molecule has 1 atom stereocenters. The molecule has 1 N–H and O–H groups in total. The fourth-order valence-electron chi connectivity index (χ4n) is 3.50. The number of carbonyl (C=O) groups is 1. The van der Waals surface area contributed by atoms with E-state index in [4.69, 9.17) is 14.6 Å². The van der Waals surface area contributed by atoms with Gasteiger partial charge in [-0.05, 0) is 48.0 Å². The Balaban J connectivity index is 1.37. The number of hydrogen-bond acceptors (Lipinski definition) is 4. The zero-order valence-electron chi connectivity index (χ0n) is 16.2. The van der Waals surface area contributed by atoms with Crippen molar-refractivity contribution in [1.82, 2.24) is 4.90 Å². The van der Waals surface area contributed by atoms with Gasteiger partial charge in [-0.2, -0.15) is 0 Å². The van der Waals surface area contributed by atoms with E-state index in [2.05, 4.69) is 29.2 Å². The molecule has 0 saturated carbocycles. The van der Waals surface area contributed by atoms with Gasteiger partial charge >= 0.3 is 5.97 Å². The highest BCUT2D eigenvalue weighted by Crippen LogP contribution is 2.35. The number of ether oxygens (including phenoxy) is 2. The van der Waals surface area contributed by atoms with Crippen LogP contribution in [0, 0.1) is 0 Å². The summed E-state index contributed by atoms with van der Waals surface area (Å²) >= 11 is 0. The summed E-state index contributed by atoms with van der Waals surface area (Å²) in [7, 11) is 2.02. The molecule has 0 radical (unpaired) electrons. The minimum atomic E-state index is -0.901. The predicted octanol–water partition coefficient (Wildman–Crippen LogP) is 4.53. The predicted molar refractivity (Wildman–Crippen MR) is 110 cm³/mol. The highest BCUT2D eigenvalue weighted by molar-refractivity contribution is 5.87. The molecular formula is C24H23NO4. The molecule has 1 heterocycles. The number of nitrogens with zero attached hydrogens (tertiary/aromatic N) is 1. The molecule has 29 heavy (non-hydrogen) atoms. The van der Waals surface area contributed by atoms with Crippen molar-refractivity contribution in [2.45, 2.75) is 19.2 Å². The average molecular weight is 389 g/mol. The fraction of sp³-hybridized carbons (Fsp3) is 0.208. The van der Waals surface area contributed by atoms with Crippen molar-refractivity contribution >= 4 is 5.97 Å². The smallest absolute Gasteiger partial charge is 0.335 e. The minimum Gasteiger partial charge on any atom is -0.485 e. The SMILES string of the molecule is CN(Cc1ccc([C@H]2COc3ccccc3O2)cc1)Cc1cccc(C(=O)O)c1. The first-order valence-corrected chi connectivity index (χ1v) is 9.56. The summed E-state index contributed by atoms with van der Waals surface area (Å²) in [5, 5.41) is 9.13. The van der Waals surface area contributed by atoms with E-state index < -0.39 is 5.97 Å². The summed E-state index contributed by atoms with van der Waals surface area (Å²) in [6, 6.07) is 23.1. The van der Waals surface area contributed by atoms with Crippen molar-refractivity contribution in [2.24, 2.45) is 0 Å². The van der Waals surface area contributed by atoms with Gasteiger partial charge < -0.3 is 14.6 Å². The highest BCUT2D eigenvalue weighted by Gasteiger charge is 2.22. The number of fused-ring (bicyclic) bond motifs is 1. The molecule has 3 aromatic carbocycles. The molecule has 148 valence electrons. The fourth-order valence-corrected chi connectivity index (χ4v) is 3.50. The molecule has 0 fully saturated rings. The second-order valence-corrected chi connectivity index (χ2v) is 7.28. The van der Waals surface area contributed by atoms with Gasteiger partial charge in [-0.25, -0.2) is 4.79 Å². The summed E-state index contributed by atoms with van der Waals surface area (Å²) in [6.45, 7) is 1.94. The maximum Gasteiger partial charge on any atom is 0.335 e. The third-order valence-corrected chi connectivity index (χ3v) is 4.94. The number of aromatic carboxylic acids is 1. The Bertz CT molecular complexity index is 1000. The first-order valence-electron chi connectivity index (χ1n) is 9.56. The van der Waals surface area contributed by atoms with Crippen LogP contribution in [0.5, 0.6) is 11.5 Å². The van der Waals surface area contributed by atoms with Crippen LogP contribution >= 0.6 is 0 Å². The Morgan fingerprint density at radius 3 is 2.45 bits per heavy atom. The molecule has 0 unspecified atom stereocenters. The quantitative estimate of drug-likeness (QED) is 0.671. The van der Waals surface area contributed by atoms with Crippen molar-refractivity contribution in [3.63, 3.8) is 0 Å². The van der Waals surface area contributed by atoms with Crippen LogP contribution in [-0.2, 0) is 13.1 Å². The van der Waals surface area contributed by atoms with E-state index in [0.717, 1.165) is 29.2 Å². The molecule has 5 nitrogen and oxygen atoms in total. The Hall–Kier alpha value is -3.31. The van der Waals surface area contributed by atoms with Gasteiger partial charge in [-0.15, -0.1) is 0 Å². The topological polar surface area (TPSA) is 59.0 Å². The van der Waals surface area contributed by atoms with E-state index in [9.17, 15) is 4.79 Å². The lowest BCUT2D eigenvalue weighted by atomic mass is 10.1. The van der Waals surface area contributed by atoms with Gasteiger partial charge in [0.25, 0.3) is 0 Å². The van der Waals surface area contributed by atoms with E-state index in [1.54, 1.807) is 18.2 Å². The van der Waals surface area contributed by atoms with E-state index >= 15 is 0 Å². The summed E-state index contributed by atoms with van der Waals surface area (Å²) in [5.74, 6) is 0.659. The van der Waals surface area contributed by atoms with Crippen LogP contribution in [0.4, 0.5) is 0 Å². The lowest BCUT2D eigenvalue weighted by Gasteiger charge is -2.27. The monoisotopic (exact) mass is 389 g/mol. The third kappa shape index (κ3) is 4.58. The number of carboxylic acids is 1. The van der Waals surface area contributed by atoms with Gasteiger partial charge in [0.2, 0.25) is 0 Å². The summed E-state index contributed by atoms with van der Waals surface area (Å²) in [4.78, 5) is 13.3. The van der Waals surface area contributed by atoms with Gasteiger partial charge in [0.15, 0.2) is 17.6 Å². The second-order valence-electron chi connectivity index (χ2n) is 7.28. The van der Waals surface area contributed by atoms with Crippen molar-refractivity contribution in [2.75, 3.05) is 13.7 Å². The summed E-state index contributed by atoms with van der Waals surface area (Å²) < 4.78 is 11.9. The Kier molecular flexibility index (Phi) is 5.49. The van der Waals surface area contributed by atoms with E-state index in [0.29, 0.717) is 18.7 Å². The number of para-hydroxylation sites is 2. The van der Waals surface area contributed by atoms with E-state index in [-0.39, 0.29) is 6.10 Å². The summed E-state index contributed by atoms with van der Waals surface area (Å²) in [5.41, 5.74) is 3.56. The number of rotatable bonds is 6. The van der Waals surface area contributed by atoms with Crippen molar-refractivity contribution in [3.05, 3.63) is 95.1 Å². The van der Waals surface area contributed by atoms with Crippen LogP contribution in [0.15, 0.2) is 72.8 Å². The molecule has 4 rings (SSSR count). The molecule has 0 saturated heterocycles. The largest absolute Gasteiger partial charge is 0.485 e. The highest BCUT2D eigenvalue weighted by atomic mass is 16.6. The van der Waals surface area contributed by atoms with Gasteiger partial charge in [0.1, 0.15) is 6.61 Å². The van der Waals surface area contributed by atoms with Crippen LogP contribution in [-0.4, -0.2) is 29.6 Å². The number of carboxylic acid groups (broad SMARTS) is 1. The zero-order valence-corrected chi connectivity index (χ0v) is 16.2. The molecule has 0 spiro atoms. The second kappa shape index (κ2) is 8.37. The molecule has 0 aromatic heterocycles. The van der Waals surface area contributed by atoms with Crippen LogP contribution in [0.2, 0.25) is 0 Å². The zero-order chi connectivity index (χ0) is 20.2. The number of benzene rings is 3. The Morgan fingerprint density at radius 1 is 0.966 bits per heavy atom. The molecule has 0 bridgehead atoms. The van der Waals surface area contributed by atoms with Crippen LogP contribution in [0.3, 0.4) is 0 Å². The molecular weight excluding hydrogens is 366 g/mol. The standard InChI is InChI=1S/C24H23NO4/c1-25(15-18-5-4-6-20(13-18)24(26)27)14-17-9-11-19(12-10-17)23-16-28-21-7-2-3-8-22(21)29-23/h2-13,23H,14-16H2,1H3,(H,26,27)/t23-/m1/s1. The molecule has 0 amide bonds. The maximum absolute atomic E-state index is 11.1. The first-order chi connectivity index (χ1) is 14.1. The minimum absolute atomic E-state index is 0.115. The molecule has 3 aromatic rings. The molecule has 1 aliphatic heterocycles. The van der Waals surface area contributed by atoms with E-state index in [1.165, 1.54) is 5.56 Å². The lowest BCUT2D eigenvalue weighted by Crippen LogP contribution is -2.21. The Labute approximate surface area is 170 Å². The van der Waals surface area contributed by atoms with Crippen molar-refractivity contribution in [3.8, 4) is 11.5 Å². The maximum atomic E-state index is 11.1. The third-order valence-electron chi connectivity index (χ3n) is 4.94. The van der Waals surface area contributed by atoms with E-state index in [1.807, 2.05) is 37.4 Å². The normalized spacial score (nSPS) is 15.3. The van der Waals surface area contributed by atoms with Crippen LogP contribution in [0.25, 0.3) is 0 Å². The number of hydrogen-bond donors (Lipinski definition) is 1. The molecule has 5 heteroatoms. The van der Waals surface area contributed by atoms with Crippen LogP contribution < -0.4 is 9.47 Å². The average Bonchev–Trinajstić information content (AvgIpc) is 2.74.